The number of guanidine groups is 1. The Morgan fingerprint density at radius 2 is 0.859 bits per heavy atom. The van der Waals surface area contributed by atoms with Crippen LogP contribution in [-0.2, 0) is 89.6 Å². The molecule has 0 unspecified atom stereocenters. The van der Waals surface area contributed by atoms with Crippen molar-refractivity contribution in [1.82, 2.24) is 58.2 Å². The highest BCUT2D eigenvalue weighted by atomic mass is 16.4. The molecule has 0 radical (unpaired) electrons. The molecule has 25 N–H and O–H groups in total. The van der Waals surface area contributed by atoms with Crippen LogP contribution >= 0.6 is 0 Å². The predicted octanol–water partition coefficient (Wildman–Crippen LogP) is -3.14. The van der Waals surface area contributed by atoms with Crippen LogP contribution in [0.2, 0.25) is 0 Å². The number of primary amides is 2. The second-order valence-corrected chi connectivity index (χ2v) is 23.4. The summed E-state index contributed by atoms with van der Waals surface area (Å²) in [5.74, 6) is -13.1. The molecule has 6 rings (SSSR count). The van der Waals surface area contributed by atoms with Gasteiger partial charge in [0.2, 0.25) is 65.0 Å². The third kappa shape index (κ3) is 24.7. The number of nitrogens with one attached hydrogen (secondary N) is 12. The number of phenols is 2. The first-order valence-corrected chi connectivity index (χ1v) is 31.4. The molecule has 32 heteroatoms. The number of H-pyrrole nitrogens is 1. The molecule has 6 aromatic rings. The third-order valence-corrected chi connectivity index (χ3v) is 15.6. The van der Waals surface area contributed by atoms with E-state index in [-0.39, 0.29) is 63.0 Å². The molecule has 0 aliphatic heterocycles. The number of hydrogen-bond acceptors (Lipinski definition) is 17. The minimum atomic E-state index is -1.85. The van der Waals surface area contributed by atoms with E-state index in [4.69, 9.17) is 34.1 Å². The highest BCUT2D eigenvalue weighted by Crippen LogP contribution is 2.21. The molecule has 99 heavy (non-hydrogen) atoms. The van der Waals surface area contributed by atoms with Crippen LogP contribution in [0.25, 0.3) is 10.9 Å². The minimum absolute atomic E-state index is 0.0107. The molecule has 0 aliphatic rings. The highest BCUT2D eigenvalue weighted by molar-refractivity contribution is 6.00. The topological polar surface area (TPSA) is 556 Å². The fourth-order valence-corrected chi connectivity index (χ4v) is 10.3. The molecule has 11 amide bonds. The average molecular weight is 1370 g/mol. The Bertz CT molecular complexity index is 3820. The van der Waals surface area contributed by atoms with E-state index in [1.807, 2.05) is 0 Å². The number of aromatic amines is 1. The van der Waals surface area contributed by atoms with Gasteiger partial charge in [0.05, 0.1) is 18.9 Å². The predicted molar refractivity (Wildman–Crippen MR) is 360 cm³/mol. The van der Waals surface area contributed by atoms with Gasteiger partial charge in [-0.15, -0.1) is 0 Å². The van der Waals surface area contributed by atoms with Crippen LogP contribution < -0.4 is 81.8 Å². The van der Waals surface area contributed by atoms with Crippen LogP contribution in [0, 0.1) is 5.41 Å². The Labute approximate surface area is 568 Å². The van der Waals surface area contributed by atoms with E-state index in [1.165, 1.54) is 55.5 Å². The van der Waals surface area contributed by atoms with Crippen molar-refractivity contribution in [2.75, 3.05) is 13.1 Å². The lowest BCUT2D eigenvalue weighted by Crippen LogP contribution is -2.61. The van der Waals surface area contributed by atoms with Gasteiger partial charge in [-0.1, -0.05) is 103 Å². The normalized spacial score (nSPS) is 14.0. The molecular formula is C67H83N17O15. The van der Waals surface area contributed by atoms with Gasteiger partial charge in [0, 0.05) is 55.9 Å². The maximum Gasteiger partial charge on any atom is 0.305 e. The number of amides is 11. The van der Waals surface area contributed by atoms with Crippen molar-refractivity contribution >= 4 is 87.8 Å². The van der Waals surface area contributed by atoms with Gasteiger partial charge in [0.1, 0.15) is 65.9 Å². The monoisotopic (exact) mass is 1370 g/mol. The zero-order valence-corrected chi connectivity index (χ0v) is 54.0. The Morgan fingerprint density at radius 1 is 0.455 bits per heavy atom. The molecule has 0 saturated carbocycles. The summed E-state index contributed by atoms with van der Waals surface area (Å²) in [5, 5.41) is 62.7. The van der Waals surface area contributed by atoms with Gasteiger partial charge in [-0.2, -0.15) is 0 Å². The number of carboxylic acids is 1. The van der Waals surface area contributed by atoms with Gasteiger partial charge >= 0.3 is 5.97 Å². The molecular weight excluding hydrogens is 1280 g/mol. The summed E-state index contributed by atoms with van der Waals surface area (Å²) in [7, 11) is 0. The SMILES string of the molecule is C[C@H](NC(=O)[C@H](CC(N)=O)NC(=O)[C@H](Cc1c[nH]c2ccccc12)NC(=O)[C@H](CCCNC(=N)N)NC(=O)[C@@H](Cc1ccccc1)NC(=O)[C@H](CC(=O)O)NC(=O)[C@@H](N)Cc1ccc(O)cc1)C(=O)N[C@@H](Cc1ccccc1)C(=O)N[C@@H](CN)C(=O)N[C@@H](Cc1ccc(O)cc1)C(N)=O. The Balaban J connectivity index is 1.23. The van der Waals surface area contributed by atoms with Crippen molar-refractivity contribution < 1.29 is 72.9 Å². The summed E-state index contributed by atoms with van der Waals surface area (Å²) >= 11 is 0. The Hall–Kier alpha value is -11.9. The molecule has 526 valence electrons. The van der Waals surface area contributed by atoms with Gasteiger partial charge in [0.25, 0.3) is 0 Å². The van der Waals surface area contributed by atoms with E-state index in [9.17, 15) is 72.9 Å². The number of hydrogen-bond donors (Lipinski definition) is 20. The lowest BCUT2D eigenvalue weighted by atomic mass is 10.0. The fraction of sp³-hybridized carbons (Fsp3) is 0.328. The van der Waals surface area contributed by atoms with Crippen LogP contribution in [0.5, 0.6) is 11.5 Å². The number of para-hydroxylation sites is 1. The Morgan fingerprint density at radius 3 is 1.38 bits per heavy atom. The van der Waals surface area contributed by atoms with Crippen molar-refractivity contribution in [2.24, 2.45) is 28.7 Å². The number of benzene rings is 5. The largest absolute Gasteiger partial charge is 0.508 e. The maximum absolute atomic E-state index is 14.9. The van der Waals surface area contributed by atoms with Gasteiger partial charge in [-0.05, 0) is 84.3 Å². The molecule has 32 nitrogen and oxygen atoms in total. The fourth-order valence-electron chi connectivity index (χ4n) is 10.3. The zero-order chi connectivity index (χ0) is 72.3. The van der Waals surface area contributed by atoms with Crippen LogP contribution in [-0.4, -0.2) is 171 Å². The number of fused-ring (bicyclic) bond motifs is 1. The quantitative estimate of drug-likeness (QED) is 0.0103. The van der Waals surface area contributed by atoms with E-state index in [0.29, 0.717) is 38.7 Å². The van der Waals surface area contributed by atoms with Gasteiger partial charge in [0.15, 0.2) is 5.96 Å². The molecule has 0 bridgehead atoms. The molecule has 0 spiro atoms. The van der Waals surface area contributed by atoms with Gasteiger partial charge in [-0.25, -0.2) is 0 Å². The maximum atomic E-state index is 14.9. The lowest BCUT2D eigenvalue weighted by molar-refractivity contribution is -0.141. The number of phenolic OH excluding ortho intramolecular Hbond substituents is 2. The van der Waals surface area contributed by atoms with E-state index >= 15 is 0 Å². The first kappa shape index (κ1) is 76.1. The smallest absolute Gasteiger partial charge is 0.305 e. The minimum Gasteiger partial charge on any atom is -0.508 e. The molecule has 0 aliphatic carbocycles. The first-order valence-electron chi connectivity index (χ1n) is 31.4. The molecule has 1 aromatic heterocycles. The number of aliphatic carboxylic acids is 1. The lowest BCUT2D eigenvalue weighted by Gasteiger charge is -2.28. The second kappa shape index (κ2) is 37.4. The number of carbonyl (C=O) groups excluding carboxylic acids is 11. The molecule has 5 aromatic carbocycles. The number of nitrogens with two attached hydrogens (primary N) is 5. The number of carbonyl (C=O) groups is 12. The van der Waals surface area contributed by atoms with Gasteiger partial charge in [-0.3, -0.25) is 62.9 Å². The van der Waals surface area contributed by atoms with Crippen molar-refractivity contribution in [3.8, 4) is 11.5 Å². The third-order valence-electron chi connectivity index (χ3n) is 15.6. The number of carboxylic acid groups (broad SMARTS) is 1. The summed E-state index contributed by atoms with van der Waals surface area (Å²) in [5.41, 5.74) is 32.1. The first-order chi connectivity index (χ1) is 47.2. The summed E-state index contributed by atoms with van der Waals surface area (Å²) in [6.07, 6.45) is -1.37. The van der Waals surface area contributed by atoms with Crippen LogP contribution in [0.1, 0.15) is 60.4 Å². The van der Waals surface area contributed by atoms with Gasteiger partial charge < -0.3 is 102 Å². The molecule has 10 atom stereocenters. The van der Waals surface area contributed by atoms with E-state index in [1.54, 1.807) is 91.1 Å². The summed E-state index contributed by atoms with van der Waals surface area (Å²) in [6.45, 7) is 0.729. The average Bonchev–Trinajstić information content (AvgIpc) is 1.78. The van der Waals surface area contributed by atoms with Crippen molar-refractivity contribution in [2.45, 2.75) is 125 Å². The van der Waals surface area contributed by atoms with Crippen molar-refractivity contribution in [1.29, 1.82) is 5.41 Å². The van der Waals surface area contributed by atoms with E-state index < -0.39 is 157 Å². The summed E-state index contributed by atoms with van der Waals surface area (Å²) in [4.78, 5) is 168. The van der Waals surface area contributed by atoms with Crippen LogP contribution in [0.15, 0.2) is 140 Å². The number of aromatic nitrogens is 1. The molecule has 1 heterocycles. The second-order valence-electron chi connectivity index (χ2n) is 23.4. The van der Waals surface area contributed by atoms with E-state index in [2.05, 4.69) is 58.2 Å². The van der Waals surface area contributed by atoms with Crippen molar-refractivity contribution in [3.63, 3.8) is 0 Å². The standard InChI is InChI=1S/C67H83N17O15/c1-36(58(91)79-49(29-37-11-4-2-5-12-37)63(96)84-54(34-68)66(99)78-48(57(71)90)28-40-20-24-43(86)25-21-40)76-61(94)52(32-55(70)87)83-64(97)51(31-41-35-75-46-16-9-8-15-44(41)46)82-60(93)47(17-10-26-74-67(72)73)77-62(95)50(30-38-13-6-3-7-14-38)81-65(98)53(33-56(88)89)80-59(92)45(69)27-39-18-22-42(85)23-19-39/h2-9,11-16,18-25,35-36,45,47-54,75,85-86H,10,17,26-34,68-69H2,1H3,(H2,70,87)(H2,71,90)(H,76,94)(H,77,95)(H,78,99)(H,79,91)(H,80,92)(H,81,98)(H,82,93)(H,83,97)(H,84,96)(H,88,89)(H4,72,73,74)/t36-,45-,47-,48-,49-,50+,51-,52-,53-,54-/m0/s1. The molecule has 0 saturated heterocycles. The van der Waals surface area contributed by atoms with Crippen molar-refractivity contribution in [3.05, 3.63) is 167 Å². The number of aromatic hydroxyl groups is 2. The number of rotatable bonds is 38. The van der Waals surface area contributed by atoms with Crippen LogP contribution in [0.4, 0.5) is 0 Å². The highest BCUT2D eigenvalue weighted by Gasteiger charge is 2.36. The summed E-state index contributed by atoms with van der Waals surface area (Å²) < 4.78 is 0. The van der Waals surface area contributed by atoms with E-state index in [0.717, 1.165) is 0 Å². The van der Waals surface area contributed by atoms with Crippen LogP contribution in [0.3, 0.4) is 0 Å². The zero-order valence-electron chi connectivity index (χ0n) is 54.0. The molecule has 0 fully saturated rings. The summed E-state index contributed by atoms with van der Waals surface area (Å²) in [6, 6.07) is 19.5. The Kier molecular flexibility index (Phi) is 28.7.